The highest BCUT2D eigenvalue weighted by atomic mass is 32.2. The predicted molar refractivity (Wildman–Crippen MR) is 80.5 cm³/mol. The van der Waals surface area contributed by atoms with Crippen LogP contribution in [-0.4, -0.2) is 15.0 Å². The molecule has 5 N–H and O–H groups in total. The zero-order chi connectivity index (χ0) is 15.0. The first-order valence-corrected chi connectivity index (χ1v) is 7.90. The number of nitrogen functional groups attached to an aromatic ring is 1. The zero-order valence-corrected chi connectivity index (χ0v) is 11.9. The van der Waals surface area contributed by atoms with Crippen LogP contribution in [0.5, 0.6) is 5.75 Å². The third-order valence-electron chi connectivity index (χ3n) is 3.34. The van der Waals surface area contributed by atoms with Crippen LogP contribution in [0.15, 0.2) is 47.4 Å². The normalized spacial score (nSPS) is 17.1. The maximum atomic E-state index is 11.7. The van der Waals surface area contributed by atoms with E-state index in [1.165, 1.54) is 6.07 Å². The molecule has 0 saturated carbocycles. The minimum absolute atomic E-state index is 0.0214. The fourth-order valence-electron chi connectivity index (χ4n) is 2.36. The molecule has 1 unspecified atom stereocenters. The van der Waals surface area contributed by atoms with Gasteiger partial charge < -0.3 is 15.8 Å². The number of para-hydroxylation sites is 1. The minimum atomic E-state index is -3.86. The van der Waals surface area contributed by atoms with Crippen molar-refractivity contribution >= 4 is 21.4 Å². The molecule has 0 aliphatic carbocycles. The van der Waals surface area contributed by atoms with Gasteiger partial charge in [-0.15, -0.1) is 0 Å². The quantitative estimate of drug-likeness (QED) is 0.744. The summed E-state index contributed by atoms with van der Waals surface area (Å²) in [6.45, 7) is 0.424. The van der Waals surface area contributed by atoms with E-state index >= 15 is 0 Å². The molecular formula is C14H15N3O3S. The molecule has 0 fully saturated rings. The molecule has 1 aliphatic rings. The van der Waals surface area contributed by atoms with Gasteiger partial charge in [0.2, 0.25) is 10.0 Å². The zero-order valence-electron chi connectivity index (χ0n) is 11.1. The van der Waals surface area contributed by atoms with Crippen LogP contribution in [0.3, 0.4) is 0 Å². The molecule has 0 spiro atoms. The summed E-state index contributed by atoms with van der Waals surface area (Å²) in [5.74, 6) is 0.794. The first kappa shape index (κ1) is 13.7. The highest BCUT2D eigenvalue weighted by Gasteiger charge is 2.25. The number of rotatable bonds is 3. The summed E-state index contributed by atoms with van der Waals surface area (Å²) < 4.78 is 28.9. The maximum Gasteiger partial charge on any atom is 0.240 e. The molecule has 6 nitrogen and oxygen atoms in total. The smallest absolute Gasteiger partial charge is 0.240 e. The maximum absolute atomic E-state index is 11.7. The monoisotopic (exact) mass is 305 g/mol. The lowest BCUT2D eigenvalue weighted by Crippen LogP contribution is -2.18. The molecule has 110 valence electrons. The Morgan fingerprint density at radius 3 is 2.71 bits per heavy atom. The van der Waals surface area contributed by atoms with Gasteiger partial charge in [-0.05, 0) is 24.3 Å². The topological polar surface area (TPSA) is 107 Å². The highest BCUT2D eigenvalue weighted by Crippen LogP contribution is 2.35. The third-order valence-corrected chi connectivity index (χ3v) is 4.29. The Bertz CT molecular complexity index is 790. The number of nitrogens with one attached hydrogen (secondary N) is 1. The van der Waals surface area contributed by atoms with E-state index in [0.29, 0.717) is 18.0 Å². The van der Waals surface area contributed by atoms with Gasteiger partial charge in [0.15, 0.2) is 0 Å². The number of sulfonamides is 1. The van der Waals surface area contributed by atoms with Gasteiger partial charge in [0, 0.05) is 11.3 Å². The lowest BCUT2D eigenvalue weighted by atomic mass is 10.1. The van der Waals surface area contributed by atoms with E-state index < -0.39 is 10.0 Å². The van der Waals surface area contributed by atoms with Crippen LogP contribution in [-0.2, 0) is 10.0 Å². The average molecular weight is 305 g/mol. The second-order valence-electron chi connectivity index (χ2n) is 4.85. The van der Waals surface area contributed by atoms with Crippen LogP contribution in [0, 0.1) is 0 Å². The number of hydrogen-bond acceptors (Lipinski definition) is 5. The molecule has 7 heteroatoms. The number of hydrogen-bond donors (Lipinski definition) is 3. The van der Waals surface area contributed by atoms with Crippen LogP contribution in [0.2, 0.25) is 0 Å². The second-order valence-corrected chi connectivity index (χ2v) is 6.38. The van der Waals surface area contributed by atoms with E-state index in [1.807, 2.05) is 24.3 Å². The van der Waals surface area contributed by atoms with Gasteiger partial charge in [-0.1, -0.05) is 18.2 Å². The molecule has 0 bridgehead atoms. The molecule has 0 amide bonds. The molecule has 0 saturated heterocycles. The number of nitrogens with two attached hydrogens (primary N) is 2. The first-order valence-electron chi connectivity index (χ1n) is 6.36. The van der Waals surface area contributed by atoms with Crippen LogP contribution in [0.1, 0.15) is 11.6 Å². The number of benzene rings is 2. The lowest BCUT2D eigenvalue weighted by molar-refractivity contribution is 0.339. The van der Waals surface area contributed by atoms with E-state index in [2.05, 4.69) is 5.32 Å². The summed E-state index contributed by atoms with van der Waals surface area (Å²) in [4.78, 5) is -0.0214. The number of fused-ring (bicyclic) bond motifs is 1. The van der Waals surface area contributed by atoms with Crippen LogP contribution in [0.4, 0.5) is 11.4 Å². The summed E-state index contributed by atoms with van der Waals surface area (Å²) in [5.41, 5.74) is 7.37. The first-order chi connectivity index (χ1) is 9.95. The van der Waals surface area contributed by atoms with Crippen molar-refractivity contribution < 1.29 is 13.2 Å². The van der Waals surface area contributed by atoms with Gasteiger partial charge in [0.1, 0.15) is 17.3 Å². The molecule has 0 aromatic heterocycles. The average Bonchev–Trinajstić information content (AvgIpc) is 2.83. The number of anilines is 2. The van der Waals surface area contributed by atoms with E-state index in [1.54, 1.807) is 12.1 Å². The van der Waals surface area contributed by atoms with Gasteiger partial charge in [0.25, 0.3) is 0 Å². The summed E-state index contributed by atoms with van der Waals surface area (Å²) >= 11 is 0. The minimum Gasteiger partial charge on any atom is -0.491 e. The van der Waals surface area contributed by atoms with Crippen molar-refractivity contribution in [2.75, 3.05) is 17.7 Å². The van der Waals surface area contributed by atoms with Crippen molar-refractivity contribution in [3.05, 3.63) is 48.0 Å². The Hall–Kier alpha value is -2.25. The second kappa shape index (κ2) is 4.94. The van der Waals surface area contributed by atoms with Gasteiger partial charge in [-0.3, -0.25) is 0 Å². The molecular weight excluding hydrogens is 290 g/mol. The molecule has 21 heavy (non-hydrogen) atoms. The van der Waals surface area contributed by atoms with Crippen LogP contribution < -0.4 is 20.9 Å². The van der Waals surface area contributed by atoms with Crippen molar-refractivity contribution in [2.45, 2.75) is 10.9 Å². The van der Waals surface area contributed by atoms with Crippen molar-refractivity contribution in [1.82, 2.24) is 0 Å². The number of primary sulfonamides is 1. The van der Waals surface area contributed by atoms with E-state index in [4.69, 9.17) is 15.6 Å². The highest BCUT2D eigenvalue weighted by molar-refractivity contribution is 7.89. The van der Waals surface area contributed by atoms with Crippen molar-refractivity contribution in [2.24, 2.45) is 5.14 Å². The standard InChI is InChI=1S/C14H15N3O3S/c15-9-5-6-11(14(7-9)21(16,18)19)17-12-8-20-13-4-2-1-3-10(12)13/h1-7,12,17H,8,15H2,(H2,16,18,19). The van der Waals surface area contributed by atoms with Crippen LogP contribution in [0.25, 0.3) is 0 Å². The summed E-state index contributed by atoms with van der Waals surface area (Å²) in [6, 6.07) is 12.1. The number of ether oxygens (including phenoxy) is 1. The van der Waals surface area contributed by atoms with Crippen LogP contribution >= 0.6 is 0 Å². The molecule has 2 aromatic carbocycles. The molecule has 2 aromatic rings. The Morgan fingerprint density at radius 2 is 1.95 bits per heavy atom. The third kappa shape index (κ3) is 2.65. The van der Waals surface area contributed by atoms with E-state index in [9.17, 15) is 8.42 Å². The molecule has 1 heterocycles. The molecule has 3 rings (SSSR count). The van der Waals surface area contributed by atoms with Crippen molar-refractivity contribution in [3.8, 4) is 5.75 Å². The van der Waals surface area contributed by atoms with Gasteiger partial charge in [-0.2, -0.15) is 0 Å². The fraction of sp³-hybridized carbons (Fsp3) is 0.143. The Kier molecular flexibility index (Phi) is 3.23. The van der Waals surface area contributed by atoms with E-state index in [0.717, 1.165) is 11.3 Å². The largest absolute Gasteiger partial charge is 0.491 e. The van der Waals surface area contributed by atoms with Gasteiger partial charge in [0.05, 0.1) is 11.7 Å². The van der Waals surface area contributed by atoms with Gasteiger partial charge in [-0.25, -0.2) is 13.6 Å². The summed E-state index contributed by atoms with van der Waals surface area (Å²) in [6.07, 6.45) is 0. The lowest BCUT2D eigenvalue weighted by Gasteiger charge is -2.16. The molecule has 0 radical (unpaired) electrons. The molecule has 1 aliphatic heterocycles. The Morgan fingerprint density at radius 1 is 1.19 bits per heavy atom. The van der Waals surface area contributed by atoms with Gasteiger partial charge >= 0.3 is 0 Å². The van der Waals surface area contributed by atoms with E-state index in [-0.39, 0.29) is 10.9 Å². The summed E-state index contributed by atoms with van der Waals surface area (Å²) in [5, 5.41) is 8.40. The Balaban J connectivity index is 1.97. The fourth-order valence-corrected chi connectivity index (χ4v) is 3.10. The van der Waals surface area contributed by atoms with Crippen molar-refractivity contribution in [3.63, 3.8) is 0 Å². The predicted octanol–water partition coefficient (Wildman–Crippen LogP) is 1.46. The Labute approximate surface area is 122 Å². The SMILES string of the molecule is Nc1ccc(NC2COc3ccccc32)c(S(N)(=O)=O)c1. The van der Waals surface area contributed by atoms with Crippen molar-refractivity contribution in [1.29, 1.82) is 0 Å². The summed E-state index contributed by atoms with van der Waals surface area (Å²) in [7, 11) is -3.86. The molecule has 1 atom stereocenters.